The Labute approximate surface area is 201 Å². The molecule has 0 bridgehead atoms. The predicted octanol–water partition coefficient (Wildman–Crippen LogP) is 1.60. The van der Waals surface area contributed by atoms with Crippen LogP contribution < -0.4 is 19.5 Å². The van der Waals surface area contributed by atoms with Crippen molar-refractivity contribution in [3.05, 3.63) is 59.2 Å². The monoisotopic (exact) mass is 491 g/mol. The molecule has 1 heterocycles. The average molecular weight is 492 g/mol. The maximum atomic E-state index is 12.9. The number of hydrogen-bond donors (Lipinski definition) is 2. The minimum Gasteiger partial charge on any atom is -0.493 e. The van der Waals surface area contributed by atoms with Gasteiger partial charge in [0.05, 0.1) is 39.7 Å². The van der Waals surface area contributed by atoms with Gasteiger partial charge in [-0.2, -0.15) is 0 Å². The average Bonchev–Trinajstić information content (AvgIpc) is 2.84. The lowest BCUT2D eigenvalue weighted by molar-refractivity contribution is 0.0162. The molecule has 0 spiro atoms. The van der Waals surface area contributed by atoms with Crippen molar-refractivity contribution < 1.29 is 27.4 Å². The van der Waals surface area contributed by atoms with Crippen molar-refractivity contribution >= 4 is 15.9 Å². The largest absolute Gasteiger partial charge is 0.493 e. The van der Waals surface area contributed by atoms with Gasteiger partial charge in [-0.15, -0.1) is 0 Å². The summed E-state index contributed by atoms with van der Waals surface area (Å²) in [5.74, 6) is 1.13. The number of amides is 1. The summed E-state index contributed by atoms with van der Waals surface area (Å²) in [5, 5.41) is 3.06. The molecule has 2 aromatic rings. The van der Waals surface area contributed by atoms with E-state index in [1.54, 1.807) is 26.4 Å². The van der Waals surface area contributed by atoms with Crippen LogP contribution in [-0.4, -0.2) is 79.1 Å². The van der Waals surface area contributed by atoms with Crippen LogP contribution in [0.5, 0.6) is 11.5 Å². The number of nitrogens with zero attached hydrogens (tertiary/aromatic N) is 1. The summed E-state index contributed by atoms with van der Waals surface area (Å²) in [6.07, 6.45) is 1.68. The first-order valence-electron chi connectivity index (χ1n) is 11.2. The molecule has 9 nitrogen and oxygen atoms in total. The molecule has 0 radical (unpaired) electrons. The Bertz CT molecular complexity index is 1050. The molecule has 1 aliphatic heterocycles. The third-order valence-electron chi connectivity index (χ3n) is 5.73. The molecule has 0 aliphatic carbocycles. The molecule has 1 atom stereocenters. The molecule has 2 aromatic carbocycles. The van der Waals surface area contributed by atoms with E-state index in [0.29, 0.717) is 49.8 Å². The Balaban J connectivity index is 1.67. The Morgan fingerprint density at radius 3 is 2.35 bits per heavy atom. The van der Waals surface area contributed by atoms with Crippen molar-refractivity contribution in [2.45, 2.75) is 12.5 Å². The van der Waals surface area contributed by atoms with E-state index in [4.69, 9.17) is 14.2 Å². The van der Waals surface area contributed by atoms with E-state index in [2.05, 4.69) is 14.9 Å². The van der Waals surface area contributed by atoms with Crippen LogP contribution in [0, 0.1) is 0 Å². The highest BCUT2D eigenvalue weighted by Gasteiger charge is 2.24. The van der Waals surface area contributed by atoms with E-state index >= 15 is 0 Å². The minimum absolute atomic E-state index is 0.0472. The molecule has 1 unspecified atom stereocenters. The van der Waals surface area contributed by atoms with Crippen LogP contribution in [0.2, 0.25) is 0 Å². The molecule has 34 heavy (non-hydrogen) atoms. The van der Waals surface area contributed by atoms with Gasteiger partial charge >= 0.3 is 0 Å². The zero-order valence-corrected chi connectivity index (χ0v) is 20.7. The second-order valence-electron chi connectivity index (χ2n) is 8.10. The lowest BCUT2D eigenvalue weighted by atomic mass is 10.0. The minimum atomic E-state index is -3.21. The number of hydrogen-bond acceptors (Lipinski definition) is 7. The molecule has 0 saturated carbocycles. The summed E-state index contributed by atoms with van der Waals surface area (Å²) in [6, 6.07) is 13.0. The molecule has 1 aliphatic rings. The molecular formula is C24H33N3O6S. The number of sulfonamides is 1. The lowest BCUT2D eigenvalue weighted by Gasteiger charge is -2.35. The van der Waals surface area contributed by atoms with Gasteiger partial charge in [-0.3, -0.25) is 9.69 Å². The van der Waals surface area contributed by atoms with Crippen molar-refractivity contribution in [3.63, 3.8) is 0 Å². The van der Waals surface area contributed by atoms with Gasteiger partial charge < -0.3 is 19.5 Å². The molecule has 1 amide bonds. The van der Waals surface area contributed by atoms with Crippen molar-refractivity contribution in [1.82, 2.24) is 14.9 Å². The first-order valence-corrected chi connectivity index (χ1v) is 13.1. The number of nitrogens with one attached hydrogen (secondary N) is 2. The second-order valence-corrected chi connectivity index (χ2v) is 9.94. The van der Waals surface area contributed by atoms with Crippen LogP contribution in [-0.2, 0) is 21.2 Å². The third kappa shape index (κ3) is 7.42. The number of ether oxygens (including phenoxy) is 3. The van der Waals surface area contributed by atoms with Gasteiger partial charge in [0.25, 0.3) is 5.91 Å². The van der Waals surface area contributed by atoms with Crippen LogP contribution in [0.25, 0.3) is 0 Å². The fourth-order valence-electron chi connectivity index (χ4n) is 3.90. The van der Waals surface area contributed by atoms with Gasteiger partial charge in [-0.05, 0) is 41.8 Å². The Morgan fingerprint density at radius 2 is 1.74 bits per heavy atom. The number of carbonyl (C=O) groups is 1. The van der Waals surface area contributed by atoms with Crippen LogP contribution >= 0.6 is 0 Å². The Hall–Kier alpha value is -2.66. The molecule has 0 aromatic heterocycles. The van der Waals surface area contributed by atoms with Crippen molar-refractivity contribution in [1.29, 1.82) is 0 Å². The van der Waals surface area contributed by atoms with E-state index in [9.17, 15) is 13.2 Å². The third-order valence-corrected chi connectivity index (χ3v) is 6.46. The highest BCUT2D eigenvalue weighted by atomic mass is 32.2. The Kier molecular flexibility index (Phi) is 9.28. The van der Waals surface area contributed by atoms with Gasteiger partial charge in [-0.25, -0.2) is 13.1 Å². The first kappa shape index (κ1) is 26.0. The molecule has 10 heteroatoms. The van der Waals surface area contributed by atoms with Crippen LogP contribution in [0.1, 0.15) is 27.5 Å². The summed E-state index contributed by atoms with van der Waals surface area (Å²) in [7, 11) is -0.00594. The van der Waals surface area contributed by atoms with Crippen molar-refractivity contribution in [2.75, 3.05) is 59.9 Å². The number of benzene rings is 2. The molecule has 1 fully saturated rings. The molecule has 1 saturated heterocycles. The maximum Gasteiger partial charge on any atom is 0.251 e. The molecule has 3 rings (SSSR count). The fourth-order valence-corrected chi connectivity index (χ4v) is 4.37. The van der Waals surface area contributed by atoms with E-state index < -0.39 is 10.0 Å². The predicted molar refractivity (Wildman–Crippen MR) is 130 cm³/mol. The first-order chi connectivity index (χ1) is 16.3. The zero-order valence-electron chi connectivity index (χ0n) is 19.9. The lowest BCUT2D eigenvalue weighted by Crippen LogP contribution is -2.43. The SMILES string of the molecule is COc1ccc(C(CNC(=O)c2ccc(CCNS(C)(=O)=O)cc2)N2CCOCC2)cc1OC. The fraction of sp³-hybridized carbons (Fsp3) is 0.458. The summed E-state index contributed by atoms with van der Waals surface area (Å²) in [6.45, 7) is 3.57. The molecule has 186 valence electrons. The van der Waals surface area contributed by atoms with Crippen molar-refractivity contribution in [3.8, 4) is 11.5 Å². The number of carbonyl (C=O) groups excluding carboxylic acids is 1. The maximum absolute atomic E-state index is 12.9. The Morgan fingerprint density at radius 1 is 1.06 bits per heavy atom. The topological polar surface area (TPSA) is 106 Å². The van der Waals surface area contributed by atoms with Gasteiger partial charge in [0.15, 0.2) is 11.5 Å². The van der Waals surface area contributed by atoms with Crippen LogP contribution in [0.15, 0.2) is 42.5 Å². The highest BCUT2D eigenvalue weighted by Crippen LogP contribution is 2.32. The van der Waals surface area contributed by atoms with Gasteiger partial charge in [0, 0.05) is 31.7 Å². The second kappa shape index (κ2) is 12.2. The quantitative estimate of drug-likeness (QED) is 0.492. The molecular weight excluding hydrogens is 458 g/mol. The van der Waals surface area contributed by atoms with Gasteiger partial charge in [0.2, 0.25) is 10.0 Å². The van der Waals surface area contributed by atoms with Crippen LogP contribution in [0.3, 0.4) is 0 Å². The summed E-state index contributed by atoms with van der Waals surface area (Å²) < 4.78 is 41.2. The van der Waals surface area contributed by atoms with E-state index in [1.807, 2.05) is 30.3 Å². The van der Waals surface area contributed by atoms with Gasteiger partial charge in [0.1, 0.15) is 0 Å². The van der Waals surface area contributed by atoms with Gasteiger partial charge in [-0.1, -0.05) is 18.2 Å². The smallest absolute Gasteiger partial charge is 0.251 e. The number of morpholine rings is 1. The zero-order chi connectivity index (χ0) is 24.6. The standard InChI is InChI=1S/C24H33N3O6S/c1-31-22-9-8-20(16-23(22)32-2)21(27-12-14-33-15-13-27)17-25-24(28)19-6-4-18(5-7-19)10-11-26-34(3,29)30/h4-9,16,21,26H,10-15,17H2,1-3H3,(H,25,28). The van der Waals surface area contributed by atoms with Crippen molar-refractivity contribution in [2.24, 2.45) is 0 Å². The summed E-state index contributed by atoms with van der Waals surface area (Å²) in [4.78, 5) is 15.1. The molecule has 2 N–H and O–H groups in total. The van der Waals surface area contributed by atoms with E-state index in [1.165, 1.54) is 0 Å². The summed E-state index contributed by atoms with van der Waals surface area (Å²) >= 11 is 0. The van der Waals surface area contributed by atoms with E-state index in [-0.39, 0.29) is 11.9 Å². The van der Waals surface area contributed by atoms with E-state index in [0.717, 1.165) is 30.5 Å². The summed E-state index contributed by atoms with van der Waals surface area (Å²) in [5.41, 5.74) is 2.52. The normalized spacial score (nSPS) is 15.5. The highest BCUT2D eigenvalue weighted by molar-refractivity contribution is 7.88. The van der Waals surface area contributed by atoms with Crippen LogP contribution in [0.4, 0.5) is 0 Å². The number of methoxy groups -OCH3 is 2. The number of rotatable bonds is 11.